The minimum Gasteiger partial charge on any atom is -0.378 e. The van der Waals surface area contributed by atoms with Gasteiger partial charge in [-0.2, -0.15) is 0 Å². The molecule has 108 valence electrons. The maximum atomic E-state index is 5.75. The summed E-state index contributed by atoms with van der Waals surface area (Å²) in [5, 5.41) is 3.67. The monoisotopic (exact) mass is 265 g/mol. The van der Waals surface area contributed by atoms with E-state index in [9.17, 15) is 0 Å². The Bertz CT molecular complexity index is 361. The first-order chi connectivity index (χ1) is 9.14. The molecule has 1 saturated carbocycles. The maximum Gasteiger partial charge on any atom is 0.0945 e. The van der Waals surface area contributed by atoms with Crippen LogP contribution in [0.1, 0.15) is 40.0 Å². The van der Waals surface area contributed by atoms with E-state index in [1.807, 2.05) is 18.7 Å². The molecule has 1 aliphatic rings. The molecule has 0 amide bonds. The number of hydrogen-bond acceptors (Lipinski definition) is 3. The van der Waals surface area contributed by atoms with Crippen LogP contribution in [0, 0.1) is 5.41 Å². The summed E-state index contributed by atoms with van der Waals surface area (Å²) in [6, 6.07) is 0.609. The fraction of sp³-hybridized carbons (Fsp3) is 0.800. The minimum absolute atomic E-state index is 0.278. The van der Waals surface area contributed by atoms with Crippen molar-refractivity contribution in [2.45, 2.75) is 58.7 Å². The van der Waals surface area contributed by atoms with Gasteiger partial charge in [0.1, 0.15) is 0 Å². The van der Waals surface area contributed by atoms with Crippen LogP contribution in [-0.2, 0) is 11.3 Å². The molecule has 4 heteroatoms. The lowest BCUT2D eigenvalue weighted by Crippen LogP contribution is -2.61. The lowest BCUT2D eigenvalue weighted by Gasteiger charge is -2.52. The van der Waals surface area contributed by atoms with Gasteiger partial charge < -0.3 is 14.6 Å². The third-order valence-electron chi connectivity index (χ3n) is 4.34. The van der Waals surface area contributed by atoms with Gasteiger partial charge in [0.15, 0.2) is 0 Å². The summed E-state index contributed by atoms with van der Waals surface area (Å²) >= 11 is 0. The number of ether oxygens (including phenoxy) is 1. The van der Waals surface area contributed by atoms with Gasteiger partial charge in [-0.3, -0.25) is 0 Å². The van der Waals surface area contributed by atoms with E-state index < -0.39 is 0 Å². The van der Waals surface area contributed by atoms with E-state index in [-0.39, 0.29) is 5.41 Å². The van der Waals surface area contributed by atoms with Crippen molar-refractivity contribution in [1.29, 1.82) is 0 Å². The third kappa shape index (κ3) is 3.57. The first-order valence-corrected chi connectivity index (χ1v) is 7.45. The molecule has 0 spiro atoms. The van der Waals surface area contributed by atoms with Crippen molar-refractivity contribution in [2.24, 2.45) is 5.41 Å². The highest BCUT2D eigenvalue weighted by Crippen LogP contribution is 2.42. The van der Waals surface area contributed by atoms with E-state index in [2.05, 4.69) is 35.6 Å². The van der Waals surface area contributed by atoms with Crippen molar-refractivity contribution in [3.05, 3.63) is 18.7 Å². The maximum absolute atomic E-state index is 5.75. The number of nitrogens with one attached hydrogen (secondary N) is 1. The Balaban J connectivity index is 1.57. The summed E-state index contributed by atoms with van der Waals surface area (Å²) in [6.45, 7) is 9.68. The summed E-state index contributed by atoms with van der Waals surface area (Å²) < 4.78 is 7.89. The molecule has 0 aliphatic heterocycles. The average Bonchev–Trinajstić information content (AvgIpc) is 2.89. The fourth-order valence-electron chi connectivity index (χ4n) is 2.83. The van der Waals surface area contributed by atoms with Crippen LogP contribution in [0.15, 0.2) is 18.7 Å². The first kappa shape index (κ1) is 14.5. The Kier molecular flexibility index (Phi) is 4.99. The Morgan fingerprint density at radius 2 is 2.26 bits per heavy atom. The smallest absolute Gasteiger partial charge is 0.0945 e. The zero-order chi connectivity index (χ0) is 13.7. The van der Waals surface area contributed by atoms with Crippen molar-refractivity contribution in [3.8, 4) is 0 Å². The molecule has 2 rings (SSSR count). The van der Waals surface area contributed by atoms with Crippen molar-refractivity contribution in [2.75, 3.05) is 13.2 Å². The molecule has 1 aromatic heterocycles. The lowest BCUT2D eigenvalue weighted by atomic mass is 9.64. The first-order valence-electron chi connectivity index (χ1n) is 7.45. The highest BCUT2D eigenvalue weighted by molar-refractivity contribution is 5.02. The van der Waals surface area contributed by atoms with Crippen LogP contribution in [0.3, 0.4) is 0 Å². The van der Waals surface area contributed by atoms with Gasteiger partial charge in [-0.1, -0.05) is 13.8 Å². The quantitative estimate of drug-likeness (QED) is 0.734. The number of aryl methyl sites for hydroxylation is 1. The van der Waals surface area contributed by atoms with E-state index >= 15 is 0 Å². The van der Waals surface area contributed by atoms with Gasteiger partial charge in [-0.25, -0.2) is 4.98 Å². The molecular formula is C15H27N3O. The molecule has 1 aliphatic carbocycles. The van der Waals surface area contributed by atoms with Gasteiger partial charge in [0.25, 0.3) is 0 Å². The Morgan fingerprint density at radius 3 is 2.89 bits per heavy atom. The lowest BCUT2D eigenvalue weighted by molar-refractivity contribution is -0.113. The molecular weight excluding hydrogens is 238 g/mol. The van der Waals surface area contributed by atoms with Crippen LogP contribution in [0.5, 0.6) is 0 Å². The number of hydrogen-bond donors (Lipinski definition) is 1. The highest BCUT2D eigenvalue weighted by atomic mass is 16.5. The predicted molar refractivity (Wildman–Crippen MR) is 77.1 cm³/mol. The van der Waals surface area contributed by atoms with Crippen molar-refractivity contribution < 1.29 is 4.74 Å². The molecule has 1 fully saturated rings. The number of nitrogens with zero attached hydrogens (tertiary/aromatic N) is 2. The summed E-state index contributed by atoms with van der Waals surface area (Å²) in [7, 11) is 0. The number of rotatable bonds is 8. The highest BCUT2D eigenvalue weighted by Gasteiger charge is 2.48. The van der Waals surface area contributed by atoms with Crippen molar-refractivity contribution >= 4 is 0 Å². The molecule has 0 bridgehead atoms. The summed E-state index contributed by atoms with van der Waals surface area (Å²) in [6.07, 6.45) is 9.74. The van der Waals surface area contributed by atoms with Gasteiger partial charge in [0.05, 0.1) is 12.4 Å². The molecule has 4 nitrogen and oxygen atoms in total. The van der Waals surface area contributed by atoms with Gasteiger partial charge in [0.2, 0.25) is 0 Å². The second-order valence-corrected chi connectivity index (χ2v) is 6.02. The topological polar surface area (TPSA) is 39.1 Å². The fourth-order valence-corrected chi connectivity index (χ4v) is 2.83. The number of imidazole rings is 1. The van der Waals surface area contributed by atoms with Gasteiger partial charge >= 0.3 is 0 Å². The number of unbranched alkanes of at least 4 members (excludes halogenated alkanes) is 1. The van der Waals surface area contributed by atoms with E-state index in [1.165, 1.54) is 12.8 Å². The zero-order valence-corrected chi connectivity index (χ0v) is 12.4. The Hall–Kier alpha value is -0.870. The van der Waals surface area contributed by atoms with Crippen LogP contribution in [0.4, 0.5) is 0 Å². The average molecular weight is 265 g/mol. The molecule has 2 unspecified atom stereocenters. The molecule has 0 radical (unpaired) electrons. The molecule has 1 N–H and O–H groups in total. The molecule has 19 heavy (non-hydrogen) atoms. The third-order valence-corrected chi connectivity index (χ3v) is 4.34. The second kappa shape index (κ2) is 6.53. The molecule has 2 atom stereocenters. The van der Waals surface area contributed by atoms with E-state index in [1.54, 1.807) is 0 Å². The molecule has 1 heterocycles. The van der Waals surface area contributed by atoms with Crippen LogP contribution >= 0.6 is 0 Å². The zero-order valence-electron chi connectivity index (χ0n) is 12.4. The predicted octanol–water partition coefficient (Wildman–Crippen LogP) is 2.46. The van der Waals surface area contributed by atoms with E-state index in [0.29, 0.717) is 12.1 Å². The van der Waals surface area contributed by atoms with Crippen LogP contribution in [0.25, 0.3) is 0 Å². The Labute approximate surface area is 116 Å². The largest absolute Gasteiger partial charge is 0.378 e. The number of aromatic nitrogens is 2. The van der Waals surface area contributed by atoms with Gasteiger partial charge in [-0.05, 0) is 32.7 Å². The SMILES string of the molecule is CCOC1CC(NCCCCn2ccnc2)C1(C)C. The summed E-state index contributed by atoms with van der Waals surface area (Å²) in [4.78, 5) is 4.05. The normalized spacial score (nSPS) is 25.2. The molecule has 0 saturated heterocycles. The standard InChI is InChI=1S/C15H27N3O/c1-4-19-14-11-13(15(14,2)3)17-7-5-6-9-18-10-8-16-12-18/h8,10,12-14,17H,4-7,9,11H2,1-3H3. The van der Waals surface area contributed by atoms with Gasteiger partial charge in [-0.15, -0.1) is 0 Å². The molecule has 0 aromatic carbocycles. The van der Waals surface area contributed by atoms with Crippen LogP contribution in [0.2, 0.25) is 0 Å². The van der Waals surface area contributed by atoms with Crippen molar-refractivity contribution in [3.63, 3.8) is 0 Å². The van der Waals surface area contributed by atoms with E-state index in [0.717, 1.165) is 26.1 Å². The summed E-state index contributed by atoms with van der Waals surface area (Å²) in [5.74, 6) is 0. The Morgan fingerprint density at radius 1 is 1.42 bits per heavy atom. The minimum atomic E-state index is 0.278. The summed E-state index contributed by atoms with van der Waals surface area (Å²) in [5.41, 5.74) is 0.278. The van der Waals surface area contributed by atoms with Crippen molar-refractivity contribution in [1.82, 2.24) is 14.9 Å². The van der Waals surface area contributed by atoms with Crippen LogP contribution < -0.4 is 5.32 Å². The van der Waals surface area contributed by atoms with Gasteiger partial charge in [0, 0.05) is 37.0 Å². The van der Waals surface area contributed by atoms with Crippen LogP contribution in [-0.4, -0.2) is 34.8 Å². The molecule has 1 aromatic rings. The second-order valence-electron chi connectivity index (χ2n) is 6.02. The van der Waals surface area contributed by atoms with E-state index in [4.69, 9.17) is 4.74 Å².